The highest BCUT2D eigenvalue weighted by atomic mass is 32.2. The Bertz CT molecular complexity index is 1020. The molecule has 0 spiro atoms. The van der Waals surface area contributed by atoms with Gasteiger partial charge < -0.3 is 9.42 Å². The van der Waals surface area contributed by atoms with E-state index in [1.54, 1.807) is 12.1 Å². The summed E-state index contributed by atoms with van der Waals surface area (Å²) in [6.07, 6.45) is 3.98. The zero-order valence-corrected chi connectivity index (χ0v) is 17.0. The molecule has 0 amide bonds. The number of rotatable bonds is 6. The van der Waals surface area contributed by atoms with E-state index in [4.69, 9.17) is 4.52 Å². The molecule has 1 aliphatic heterocycles. The van der Waals surface area contributed by atoms with E-state index in [1.807, 2.05) is 4.90 Å². The van der Waals surface area contributed by atoms with Gasteiger partial charge >= 0.3 is 5.69 Å². The van der Waals surface area contributed by atoms with Gasteiger partial charge in [0.25, 0.3) is 0 Å². The van der Waals surface area contributed by atoms with Crippen molar-refractivity contribution < 1.29 is 17.9 Å². The Labute approximate surface area is 168 Å². The van der Waals surface area contributed by atoms with E-state index in [1.165, 1.54) is 6.07 Å². The summed E-state index contributed by atoms with van der Waals surface area (Å²) in [6.45, 7) is 3.16. The van der Waals surface area contributed by atoms with Crippen molar-refractivity contribution in [3.05, 3.63) is 40.0 Å². The van der Waals surface area contributed by atoms with Gasteiger partial charge in [-0.3, -0.25) is 15.0 Å². The smallest absolute Gasteiger partial charge is 0.311 e. The monoisotopic (exact) mass is 421 g/mol. The minimum atomic E-state index is -3.71. The minimum Gasteiger partial charge on any atom is -0.365 e. The summed E-state index contributed by atoms with van der Waals surface area (Å²) in [5.74, 6) is 1.79. The second-order valence-corrected chi connectivity index (χ2v) is 9.58. The molecule has 0 atom stereocenters. The molecule has 2 aromatic rings. The predicted molar refractivity (Wildman–Crippen MR) is 105 cm³/mol. The number of para-hydroxylation sites is 1. The van der Waals surface area contributed by atoms with Crippen LogP contribution in [0.1, 0.15) is 36.9 Å². The summed E-state index contributed by atoms with van der Waals surface area (Å²) in [5.41, 5.74) is -0.00829. The molecule has 0 radical (unpaired) electrons. The van der Waals surface area contributed by atoms with E-state index >= 15 is 0 Å². The molecular weight excluding hydrogens is 398 g/mol. The fraction of sp³-hybridized carbons (Fsp3) is 0.556. The molecule has 0 N–H and O–H groups in total. The van der Waals surface area contributed by atoms with Crippen molar-refractivity contribution in [3.8, 4) is 0 Å². The summed E-state index contributed by atoms with van der Waals surface area (Å²) in [7, 11) is -3.71. The predicted octanol–water partition coefficient (Wildman–Crippen LogP) is 1.97. The Hall–Kier alpha value is -2.53. The number of nitro groups is 1. The maximum absolute atomic E-state index is 12.0. The number of hydrogen-bond acceptors (Lipinski definition) is 9. The van der Waals surface area contributed by atoms with Crippen LogP contribution in [0.5, 0.6) is 0 Å². The Morgan fingerprint density at radius 2 is 2.03 bits per heavy atom. The summed E-state index contributed by atoms with van der Waals surface area (Å²) < 4.78 is 29.3. The average Bonchev–Trinajstić information content (AvgIpc) is 3.45. The average molecular weight is 421 g/mol. The minimum absolute atomic E-state index is 0.250. The standard InChI is InChI=1S/C18H23N5O5S/c1-29(26,27)15-5-2-4-14(17(15)23(24)25)22-9-3-8-21(10-11-22)12-16-19-18(28-20-16)13-6-7-13/h2,4-5,13H,3,6-12H2,1H3. The first-order valence-electron chi connectivity index (χ1n) is 9.60. The quantitative estimate of drug-likeness (QED) is 0.509. The van der Waals surface area contributed by atoms with Crippen molar-refractivity contribution in [3.63, 3.8) is 0 Å². The first kappa shape index (κ1) is 19.8. The molecule has 156 valence electrons. The van der Waals surface area contributed by atoms with Gasteiger partial charge in [0.2, 0.25) is 5.89 Å². The summed E-state index contributed by atoms with van der Waals surface area (Å²) in [6, 6.07) is 4.46. The number of sulfone groups is 1. The lowest BCUT2D eigenvalue weighted by Crippen LogP contribution is -2.31. The van der Waals surface area contributed by atoms with E-state index in [0.29, 0.717) is 49.5 Å². The van der Waals surface area contributed by atoms with E-state index in [0.717, 1.165) is 32.1 Å². The highest BCUT2D eigenvalue weighted by Crippen LogP contribution is 2.39. The molecular formula is C18H23N5O5S. The van der Waals surface area contributed by atoms with Gasteiger partial charge in [-0.15, -0.1) is 0 Å². The molecule has 11 heteroatoms. The molecule has 0 bridgehead atoms. The summed E-state index contributed by atoms with van der Waals surface area (Å²) >= 11 is 0. The highest BCUT2D eigenvalue weighted by Gasteiger charge is 2.31. The summed E-state index contributed by atoms with van der Waals surface area (Å²) in [4.78, 5) is 19.3. The molecule has 1 saturated carbocycles. The third-order valence-corrected chi connectivity index (χ3v) is 6.39. The number of nitrogens with zero attached hydrogens (tertiary/aromatic N) is 5. The fourth-order valence-electron chi connectivity index (χ4n) is 3.65. The van der Waals surface area contributed by atoms with E-state index in [-0.39, 0.29) is 10.6 Å². The number of anilines is 1. The van der Waals surface area contributed by atoms with Gasteiger partial charge in [-0.2, -0.15) is 4.98 Å². The van der Waals surface area contributed by atoms with Gasteiger partial charge in [-0.1, -0.05) is 11.2 Å². The van der Waals surface area contributed by atoms with Crippen molar-refractivity contribution in [1.82, 2.24) is 15.0 Å². The van der Waals surface area contributed by atoms with Gasteiger partial charge in [0.15, 0.2) is 15.7 Å². The highest BCUT2D eigenvalue weighted by molar-refractivity contribution is 7.90. The molecule has 2 aliphatic rings. The first-order valence-corrected chi connectivity index (χ1v) is 11.5. The van der Waals surface area contributed by atoms with Crippen LogP contribution in [0.25, 0.3) is 0 Å². The molecule has 10 nitrogen and oxygen atoms in total. The van der Waals surface area contributed by atoms with Gasteiger partial charge in [0, 0.05) is 38.4 Å². The largest absolute Gasteiger partial charge is 0.365 e. The second-order valence-electron chi connectivity index (χ2n) is 7.59. The third-order valence-electron chi connectivity index (χ3n) is 5.26. The fourth-order valence-corrected chi connectivity index (χ4v) is 4.50. The van der Waals surface area contributed by atoms with Gasteiger partial charge in [0.1, 0.15) is 10.6 Å². The Morgan fingerprint density at radius 1 is 1.24 bits per heavy atom. The molecule has 2 fully saturated rings. The molecule has 1 aliphatic carbocycles. The van der Waals surface area contributed by atoms with E-state index in [2.05, 4.69) is 15.0 Å². The molecule has 29 heavy (non-hydrogen) atoms. The number of nitro benzene ring substituents is 1. The second kappa shape index (κ2) is 7.71. The molecule has 1 aromatic carbocycles. The number of benzene rings is 1. The zero-order chi connectivity index (χ0) is 20.6. The Kier molecular flexibility index (Phi) is 5.26. The van der Waals surface area contributed by atoms with Crippen molar-refractivity contribution >= 4 is 21.2 Å². The van der Waals surface area contributed by atoms with Gasteiger partial charge in [0.05, 0.1) is 11.5 Å². The number of hydrogen-bond donors (Lipinski definition) is 0. The Morgan fingerprint density at radius 3 is 2.72 bits per heavy atom. The van der Waals surface area contributed by atoms with Gasteiger partial charge in [-0.25, -0.2) is 8.42 Å². The van der Waals surface area contributed by atoms with Crippen LogP contribution in [0.15, 0.2) is 27.6 Å². The molecule has 1 saturated heterocycles. The normalized spacial score (nSPS) is 18.6. The molecule has 2 heterocycles. The van der Waals surface area contributed by atoms with Crippen LogP contribution < -0.4 is 4.90 Å². The van der Waals surface area contributed by atoms with Crippen LogP contribution in [-0.4, -0.2) is 60.8 Å². The molecule has 4 rings (SSSR count). The summed E-state index contributed by atoms with van der Waals surface area (Å²) in [5, 5.41) is 15.7. The maximum Gasteiger partial charge on any atom is 0.311 e. The lowest BCUT2D eigenvalue weighted by molar-refractivity contribution is -0.387. The van der Waals surface area contributed by atoms with Crippen molar-refractivity contribution in [2.45, 2.75) is 36.6 Å². The molecule has 1 aromatic heterocycles. The van der Waals surface area contributed by atoms with Crippen molar-refractivity contribution in [2.24, 2.45) is 0 Å². The van der Waals surface area contributed by atoms with Crippen LogP contribution in [0.2, 0.25) is 0 Å². The Balaban J connectivity index is 1.50. The van der Waals surface area contributed by atoms with Crippen LogP contribution in [-0.2, 0) is 16.4 Å². The topological polar surface area (TPSA) is 123 Å². The molecule has 0 unspecified atom stereocenters. The lowest BCUT2D eigenvalue weighted by Gasteiger charge is -2.23. The van der Waals surface area contributed by atoms with Crippen LogP contribution in [0, 0.1) is 10.1 Å². The van der Waals surface area contributed by atoms with Crippen molar-refractivity contribution in [1.29, 1.82) is 0 Å². The van der Waals surface area contributed by atoms with Gasteiger partial charge in [-0.05, 0) is 31.4 Å². The van der Waals surface area contributed by atoms with Crippen LogP contribution in [0.4, 0.5) is 11.4 Å². The number of aromatic nitrogens is 2. The SMILES string of the molecule is CS(=O)(=O)c1cccc(N2CCCN(Cc3noc(C4CC4)n3)CC2)c1[N+](=O)[O-]. The first-order chi connectivity index (χ1) is 13.8. The van der Waals surface area contributed by atoms with E-state index < -0.39 is 14.8 Å². The zero-order valence-electron chi connectivity index (χ0n) is 16.2. The van der Waals surface area contributed by atoms with Crippen molar-refractivity contribution in [2.75, 3.05) is 37.3 Å². The van der Waals surface area contributed by atoms with Crippen LogP contribution >= 0.6 is 0 Å². The van der Waals surface area contributed by atoms with E-state index in [9.17, 15) is 18.5 Å². The van der Waals surface area contributed by atoms with Crippen LogP contribution in [0.3, 0.4) is 0 Å². The maximum atomic E-state index is 12.0. The lowest BCUT2D eigenvalue weighted by atomic mass is 10.2. The third kappa shape index (κ3) is 4.40.